The van der Waals surface area contributed by atoms with Crippen molar-refractivity contribution in [2.24, 2.45) is 5.92 Å². The van der Waals surface area contributed by atoms with E-state index in [-0.39, 0.29) is 5.92 Å². The molecule has 1 aromatic heterocycles. The van der Waals surface area contributed by atoms with Crippen molar-refractivity contribution in [2.75, 3.05) is 0 Å². The van der Waals surface area contributed by atoms with Crippen molar-refractivity contribution in [2.45, 2.75) is 57.5 Å². The Kier molecular flexibility index (Phi) is 4.83. The molecule has 1 aliphatic rings. The maximum atomic E-state index is 9.25. The molecule has 1 heterocycles. The zero-order chi connectivity index (χ0) is 12.8. The van der Waals surface area contributed by atoms with E-state index in [1.54, 1.807) is 6.26 Å². The molecule has 2 rings (SSSR count). The summed E-state index contributed by atoms with van der Waals surface area (Å²) in [6, 6.07) is 7.11. The quantitative estimate of drug-likeness (QED) is 0.829. The first-order chi connectivity index (χ1) is 8.79. The van der Waals surface area contributed by atoms with Crippen molar-refractivity contribution in [1.29, 1.82) is 5.26 Å². The lowest BCUT2D eigenvalue weighted by Crippen LogP contribution is -2.41. The Morgan fingerprint density at radius 2 is 2.28 bits per heavy atom. The van der Waals surface area contributed by atoms with Crippen LogP contribution in [-0.2, 0) is 6.42 Å². The van der Waals surface area contributed by atoms with E-state index >= 15 is 0 Å². The molecule has 3 unspecified atom stereocenters. The second kappa shape index (κ2) is 6.61. The van der Waals surface area contributed by atoms with Crippen molar-refractivity contribution in [3.8, 4) is 6.07 Å². The first kappa shape index (κ1) is 13.2. The predicted molar refractivity (Wildman–Crippen MR) is 71.0 cm³/mol. The van der Waals surface area contributed by atoms with E-state index in [1.807, 2.05) is 12.1 Å². The van der Waals surface area contributed by atoms with Gasteiger partial charge in [-0.1, -0.05) is 19.3 Å². The van der Waals surface area contributed by atoms with Gasteiger partial charge in [-0.2, -0.15) is 5.26 Å². The summed E-state index contributed by atoms with van der Waals surface area (Å²) in [7, 11) is 0. The minimum atomic E-state index is 0.173. The van der Waals surface area contributed by atoms with Crippen molar-refractivity contribution >= 4 is 0 Å². The van der Waals surface area contributed by atoms with Crippen LogP contribution in [0, 0.1) is 17.2 Å². The largest absolute Gasteiger partial charge is 0.469 e. The third-order valence-electron chi connectivity index (χ3n) is 3.77. The molecule has 98 valence electrons. The van der Waals surface area contributed by atoms with Crippen molar-refractivity contribution < 1.29 is 4.42 Å². The summed E-state index contributed by atoms with van der Waals surface area (Å²) in [6.07, 6.45) is 8.48. The van der Waals surface area contributed by atoms with Gasteiger partial charge in [-0.15, -0.1) is 0 Å². The van der Waals surface area contributed by atoms with Gasteiger partial charge in [0.15, 0.2) is 0 Å². The first-order valence-corrected chi connectivity index (χ1v) is 6.97. The van der Waals surface area contributed by atoms with Crippen LogP contribution >= 0.6 is 0 Å². The van der Waals surface area contributed by atoms with Gasteiger partial charge in [0.1, 0.15) is 5.76 Å². The highest BCUT2D eigenvalue weighted by molar-refractivity contribution is 5.01. The topological polar surface area (TPSA) is 49.0 Å². The van der Waals surface area contributed by atoms with Gasteiger partial charge in [0.25, 0.3) is 0 Å². The van der Waals surface area contributed by atoms with Crippen LogP contribution in [0.25, 0.3) is 0 Å². The van der Waals surface area contributed by atoms with Gasteiger partial charge in [-0.25, -0.2) is 0 Å². The number of furan rings is 1. The Balaban J connectivity index is 1.88. The van der Waals surface area contributed by atoms with Crippen molar-refractivity contribution in [3.05, 3.63) is 24.2 Å². The van der Waals surface area contributed by atoms with Crippen LogP contribution in [0.2, 0.25) is 0 Å². The summed E-state index contributed by atoms with van der Waals surface area (Å²) in [5.74, 6) is 1.18. The number of hydrogen-bond donors (Lipinski definition) is 1. The lowest BCUT2D eigenvalue weighted by atomic mass is 9.95. The van der Waals surface area contributed by atoms with Gasteiger partial charge in [-0.05, 0) is 31.9 Å². The molecule has 1 saturated carbocycles. The SMILES string of the molecule is CC(Cc1ccco1)NC1CCCCCC1C#N. The molecule has 3 nitrogen and oxygen atoms in total. The zero-order valence-electron chi connectivity index (χ0n) is 11.1. The van der Waals surface area contributed by atoms with E-state index in [0.29, 0.717) is 12.1 Å². The summed E-state index contributed by atoms with van der Waals surface area (Å²) in [5, 5.41) is 12.9. The highest BCUT2D eigenvalue weighted by Gasteiger charge is 2.24. The minimum absolute atomic E-state index is 0.173. The number of hydrogen-bond acceptors (Lipinski definition) is 3. The molecule has 3 heteroatoms. The highest BCUT2D eigenvalue weighted by atomic mass is 16.3. The Morgan fingerprint density at radius 3 is 3.00 bits per heavy atom. The number of nitrogens with zero attached hydrogens (tertiary/aromatic N) is 1. The van der Waals surface area contributed by atoms with E-state index in [0.717, 1.165) is 25.0 Å². The predicted octanol–water partition coefficient (Wildman–Crippen LogP) is 3.27. The highest BCUT2D eigenvalue weighted by Crippen LogP contribution is 2.23. The Hall–Kier alpha value is -1.27. The molecule has 18 heavy (non-hydrogen) atoms. The standard InChI is InChI=1S/C15H22N2O/c1-12(10-14-7-5-9-18-14)17-15-8-4-2-3-6-13(15)11-16/h5,7,9,12-13,15,17H,2-4,6,8,10H2,1H3. The minimum Gasteiger partial charge on any atom is -0.469 e. The number of nitrogens with one attached hydrogen (secondary N) is 1. The summed E-state index contributed by atoms with van der Waals surface area (Å²) in [5.41, 5.74) is 0. The molecule has 0 radical (unpaired) electrons. The molecule has 0 bridgehead atoms. The fourth-order valence-electron chi connectivity index (χ4n) is 2.82. The van der Waals surface area contributed by atoms with Gasteiger partial charge in [0.2, 0.25) is 0 Å². The normalized spacial score (nSPS) is 26.2. The van der Waals surface area contributed by atoms with Gasteiger partial charge >= 0.3 is 0 Å². The summed E-state index contributed by atoms with van der Waals surface area (Å²) < 4.78 is 5.37. The van der Waals surface area contributed by atoms with E-state index in [4.69, 9.17) is 4.42 Å². The maximum absolute atomic E-state index is 9.25. The van der Waals surface area contributed by atoms with E-state index in [2.05, 4.69) is 18.3 Å². The summed E-state index contributed by atoms with van der Waals surface area (Å²) in [6.45, 7) is 2.17. The van der Waals surface area contributed by atoms with Crippen LogP contribution in [0.1, 0.15) is 44.8 Å². The van der Waals surface area contributed by atoms with E-state index in [9.17, 15) is 5.26 Å². The molecule has 0 amide bonds. The van der Waals surface area contributed by atoms with E-state index in [1.165, 1.54) is 19.3 Å². The third kappa shape index (κ3) is 3.61. The van der Waals surface area contributed by atoms with Gasteiger partial charge in [-0.3, -0.25) is 0 Å². The molecule has 3 atom stereocenters. The second-order valence-corrected chi connectivity index (χ2v) is 5.33. The molecular weight excluding hydrogens is 224 g/mol. The van der Waals surface area contributed by atoms with Crippen molar-refractivity contribution in [3.63, 3.8) is 0 Å². The monoisotopic (exact) mass is 246 g/mol. The average molecular weight is 246 g/mol. The van der Waals surface area contributed by atoms with Crippen LogP contribution in [0.5, 0.6) is 0 Å². The average Bonchev–Trinajstić information content (AvgIpc) is 2.75. The molecule has 0 saturated heterocycles. The van der Waals surface area contributed by atoms with E-state index < -0.39 is 0 Å². The number of rotatable bonds is 4. The molecule has 1 N–H and O–H groups in total. The van der Waals surface area contributed by atoms with Crippen LogP contribution in [0.4, 0.5) is 0 Å². The lowest BCUT2D eigenvalue weighted by molar-refractivity contribution is 0.345. The van der Waals surface area contributed by atoms with Crippen molar-refractivity contribution in [1.82, 2.24) is 5.32 Å². The van der Waals surface area contributed by atoms with Crippen LogP contribution in [0.15, 0.2) is 22.8 Å². The summed E-state index contributed by atoms with van der Waals surface area (Å²) in [4.78, 5) is 0. The number of nitriles is 1. The fraction of sp³-hybridized carbons (Fsp3) is 0.667. The molecule has 1 aliphatic carbocycles. The maximum Gasteiger partial charge on any atom is 0.105 e. The van der Waals surface area contributed by atoms with Crippen LogP contribution in [0.3, 0.4) is 0 Å². The van der Waals surface area contributed by atoms with Gasteiger partial charge in [0.05, 0.1) is 18.3 Å². The Labute approximate surface area is 109 Å². The molecular formula is C15H22N2O. The molecule has 1 aromatic rings. The van der Waals surface area contributed by atoms with Gasteiger partial charge in [0, 0.05) is 18.5 Å². The Morgan fingerprint density at radius 1 is 1.44 bits per heavy atom. The molecule has 0 aliphatic heterocycles. The lowest BCUT2D eigenvalue weighted by Gasteiger charge is -2.25. The van der Waals surface area contributed by atoms with Crippen LogP contribution < -0.4 is 5.32 Å². The zero-order valence-corrected chi connectivity index (χ0v) is 11.1. The molecule has 0 aromatic carbocycles. The van der Waals surface area contributed by atoms with Gasteiger partial charge < -0.3 is 9.73 Å². The third-order valence-corrected chi connectivity index (χ3v) is 3.77. The second-order valence-electron chi connectivity index (χ2n) is 5.33. The Bertz CT molecular complexity index is 380. The molecule has 0 spiro atoms. The summed E-state index contributed by atoms with van der Waals surface area (Å²) >= 11 is 0. The molecule has 1 fully saturated rings. The van der Waals surface area contributed by atoms with Crippen LogP contribution in [-0.4, -0.2) is 12.1 Å². The fourth-order valence-corrected chi connectivity index (χ4v) is 2.82. The first-order valence-electron chi connectivity index (χ1n) is 6.97. The smallest absolute Gasteiger partial charge is 0.105 e.